The number of amides is 1. The summed E-state index contributed by atoms with van der Waals surface area (Å²) in [4.78, 5) is 15.7. The third-order valence-electron chi connectivity index (χ3n) is 2.63. The van der Waals surface area contributed by atoms with E-state index in [1.54, 1.807) is 5.38 Å². The number of hydrogen-bond donors (Lipinski definition) is 1. The summed E-state index contributed by atoms with van der Waals surface area (Å²) >= 11 is 1.43. The largest absolute Gasteiger partial charge is 0.416 e. The Labute approximate surface area is 128 Å². The van der Waals surface area contributed by atoms with E-state index in [1.165, 1.54) is 29.7 Å². The summed E-state index contributed by atoms with van der Waals surface area (Å²) in [5.41, 5.74) is 2.38. The molecule has 1 amide bonds. The Morgan fingerprint density at radius 2 is 2.23 bits per heavy atom. The van der Waals surface area contributed by atoms with Crippen LogP contribution in [0, 0.1) is 6.92 Å². The maximum absolute atomic E-state index is 12.5. The Morgan fingerprint density at radius 1 is 1.45 bits per heavy atom. The van der Waals surface area contributed by atoms with E-state index in [2.05, 4.69) is 15.5 Å². The van der Waals surface area contributed by atoms with Crippen molar-refractivity contribution in [2.24, 2.45) is 5.10 Å². The number of aryl methyl sites for hydroxylation is 1. The monoisotopic (exact) mass is 327 g/mol. The van der Waals surface area contributed by atoms with Crippen molar-refractivity contribution in [3.05, 3.63) is 51.5 Å². The quantitative estimate of drug-likeness (QED) is 0.693. The fourth-order valence-electron chi connectivity index (χ4n) is 1.67. The number of hydrogen-bond acceptors (Lipinski definition) is 4. The normalized spacial score (nSPS) is 11.8. The van der Waals surface area contributed by atoms with Gasteiger partial charge in [-0.1, -0.05) is 12.1 Å². The van der Waals surface area contributed by atoms with Gasteiger partial charge in [-0.15, -0.1) is 11.3 Å². The molecular weight excluding hydrogens is 315 g/mol. The first-order valence-corrected chi connectivity index (χ1v) is 7.13. The van der Waals surface area contributed by atoms with Crippen molar-refractivity contribution in [2.75, 3.05) is 0 Å². The summed E-state index contributed by atoms with van der Waals surface area (Å²) in [5, 5.41) is 6.28. The first kappa shape index (κ1) is 16.2. The minimum Gasteiger partial charge on any atom is -0.273 e. The first-order chi connectivity index (χ1) is 10.3. The number of halogens is 3. The lowest BCUT2D eigenvalue weighted by Crippen LogP contribution is -2.20. The highest BCUT2D eigenvalue weighted by Gasteiger charge is 2.30. The Kier molecular flexibility index (Phi) is 4.92. The van der Waals surface area contributed by atoms with Crippen molar-refractivity contribution in [2.45, 2.75) is 19.5 Å². The summed E-state index contributed by atoms with van der Waals surface area (Å²) in [5.74, 6) is -0.381. The molecule has 1 heterocycles. The van der Waals surface area contributed by atoms with E-state index in [0.29, 0.717) is 5.69 Å². The van der Waals surface area contributed by atoms with E-state index in [-0.39, 0.29) is 17.9 Å². The van der Waals surface area contributed by atoms with E-state index >= 15 is 0 Å². The van der Waals surface area contributed by atoms with Gasteiger partial charge in [-0.05, 0) is 24.6 Å². The summed E-state index contributed by atoms with van der Waals surface area (Å²) in [6.07, 6.45) is -3.17. The van der Waals surface area contributed by atoms with Crippen LogP contribution < -0.4 is 5.43 Å². The molecule has 116 valence electrons. The minimum absolute atomic E-state index is 0.0737. The molecule has 2 rings (SSSR count). The zero-order valence-electron chi connectivity index (χ0n) is 11.5. The van der Waals surface area contributed by atoms with Crippen molar-refractivity contribution in [3.8, 4) is 0 Å². The molecule has 8 heteroatoms. The topological polar surface area (TPSA) is 54.4 Å². The van der Waals surface area contributed by atoms with E-state index < -0.39 is 11.7 Å². The molecule has 4 nitrogen and oxygen atoms in total. The van der Waals surface area contributed by atoms with Crippen LogP contribution in [0.5, 0.6) is 0 Å². The lowest BCUT2D eigenvalue weighted by atomic mass is 10.1. The molecule has 0 saturated heterocycles. The highest BCUT2D eigenvalue weighted by molar-refractivity contribution is 7.09. The van der Waals surface area contributed by atoms with Gasteiger partial charge in [0.1, 0.15) is 0 Å². The number of carbonyl (C=O) groups is 1. The molecule has 1 N–H and O–H groups in total. The van der Waals surface area contributed by atoms with Gasteiger partial charge in [0, 0.05) is 5.38 Å². The fourth-order valence-corrected chi connectivity index (χ4v) is 2.28. The van der Waals surface area contributed by atoms with Gasteiger partial charge in [0.05, 0.1) is 28.9 Å². The molecule has 0 bridgehead atoms. The molecular formula is C14H12F3N3OS. The molecule has 0 aliphatic heterocycles. The molecule has 1 aromatic carbocycles. The zero-order valence-corrected chi connectivity index (χ0v) is 12.3. The second-order valence-electron chi connectivity index (χ2n) is 4.45. The Morgan fingerprint density at radius 3 is 2.86 bits per heavy atom. The summed E-state index contributed by atoms with van der Waals surface area (Å²) in [6.45, 7) is 1.83. The molecule has 2 aromatic rings. The van der Waals surface area contributed by atoms with Crippen LogP contribution in [0.25, 0.3) is 0 Å². The van der Waals surface area contributed by atoms with Crippen LogP contribution >= 0.6 is 11.3 Å². The third-order valence-corrected chi connectivity index (χ3v) is 3.45. The average molecular weight is 327 g/mol. The van der Waals surface area contributed by atoms with Gasteiger partial charge in [-0.2, -0.15) is 18.3 Å². The summed E-state index contributed by atoms with van der Waals surface area (Å²) < 4.78 is 37.6. The maximum atomic E-state index is 12.5. The van der Waals surface area contributed by atoms with Crippen LogP contribution in [-0.2, 0) is 17.4 Å². The lowest BCUT2D eigenvalue weighted by Gasteiger charge is -2.06. The number of benzene rings is 1. The Hall–Kier alpha value is -2.22. The van der Waals surface area contributed by atoms with Crippen LogP contribution in [0.2, 0.25) is 0 Å². The van der Waals surface area contributed by atoms with Crippen molar-refractivity contribution < 1.29 is 18.0 Å². The summed E-state index contributed by atoms with van der Waals surface area (Å²) in [7, 11) is 0. The zero-order chi connectivity index (χ0) is 16.2. The molecule has 0 aliphatic rings. The van der Waals surface area contributed by atoms with Crippen molar-refractivity contribution in [3.63, 3.8) is 0 Å². The summed E-state index contributed by atoms with van der Waals surface area (Å²) in [6, 6.07) is 4.68. The SMILES string of the molecule is Cc1nc(CC(=O)NN=Cc2cccc(C(F)(F)F)c2)cs1. The standard InChI is InChI=1S/C14H12F3N3OS/c1-9-19-12(8-22-9)6-13(21)20-18-7-10-3-2-4-11(5-10)14(15,16)17/h2-5,7-8H,6H2,1H3,(H,20,21). The lowest BCUT2D eigenvalue weighted by molar-refractivity contribution is -0.137. The predicted octanol–water partition coefficient (Wildman–Crippen LogP) is 3.16. The molecule has 0 fully saturated rings. The van der Waals surface area contributed by atoms with Crippen LogP contribution in [0.4, 0.5) is 13.2 Å². The number of thiazole rings is 1. The predicted molar refractivity (Wildman–Crippen MR) is 77.7 cm³/mol. The molecule has 0 saturated carbocycles. The van der Waals surface area contributed by atoms with E-state index in [0.717, 1.165) is 17.1 Å². The minimum atomic E-state index is -4.41. The average Bonchev–Trinajstić information content (AvgIpc) is 2.83. The molecule has 22 heavy (non-hydrogen) atoms. The molecule has 0 radical (unpaired) electrons. The number of hydrazone groups is 1. The molecule has 0 aliphatic carbocycles. The van der Waals surface area contributed by atoms with Crippen LogP contribution in [0.15, 0.2) is 34.7 Å². The highest BCUT2D eigenvalue weighted by atomic mass is 32.1. The van der Waals surface area contributed by atoms with Crippen LogP contribution in [-0.4, -0.2) is 17.1 Å². The van der Waals surface area contributed by atoms with Gasteiger partial charge in [0.15, 0.2) is 0 Å². The molecule has 0 spiro atoms. The number of aromatic nitrogens is 1. The van der Waals surface area contributed by atoms with Gasteiger partial charge in [-0.3, -0.25) is 4.79 Å². The Balaban J connectivity index is 1.93. The van der Waals surface area contributed by atoms with E-state index in [1.807, 2.05) is 6.92 Å². The smallest absolute Gasteiger partial charge is 0.273 e. The van der Waals surface area contributed by atoms with Crippen LogP contribution in [0.3, 0.4) is 0 Å². The van der Waals surface area contributed by atoms with E-state index in [9.17, 15) is 18.0 Å². The van der Waals surface area contributed by atoms with E-state index in [4.69, 9.17) is 0 Å². The van der Waals surface area contributed by atoms with Gasteiger partial charge in [0.2, 0.25) is 5.91 Å². The van der Waals surface area contributed by atoms with Crippen molar-refractivity contribution in [1.82, 2.24) is 10.4 Å². The number of alkyl halides is 3. The van der Waals surface area contributed by atoms with Crippen molar-refractivity contribution in [1.29, 1.82) is 0 Å². The third kappa shape index (κ3) is 4.66. The molecule has 0 unspecified atom stereocenters. The van der Waals surface area contributed by atoms with Gasteiger partial charge < -0.3 is 0 Å². The second kappa shape index (κ2) is 6.69. The fraction of sp³-hybridized carbons (Fsp3) is 0.214. The number of nitrogens with one attached hydrogen (secondary N) is 1. The second-order valence-corrected chi connectivity index (χ2v) is 5.51. The number of nitrogens with zero attached hydrogens (tertiary/aromatic N) is 2. The molecule has 1 aromatic heterocycles. The van der Waals surface area contributed by atoms with Gasteiger partial charge in [-0.25, -0.2) is 10.4 Å². The number of rotatable bonds is 4. The highest BCUT2D eigenvalue weighted by Crippen LogP contribution is 2.29. The van der Waals surface area contributed by atoms with Crippen LogP contribution in [0.1, 0.15) is 21.8 Å². The van der Waals surface area contributed by atoms with Gasteiger partial charge in [0.25, 0.3) is 0 Å². The first-order valence-electron chi connectivity index (χ1n) is 6.25. The Bertz CT molecular complexity index is 695. The number of carbonyl (C=O) groups excluding carboxylic acids is 1. The van der Waals surface area contributed by atoms with Crippen molar-refractivity contribution >= 4 is 23.5 Å². The van der Waals surface area contributed by atoms with Gasteiger partial charge >= 0.3 is 6.18 Å². The molecule has 0 atom stereocenters. The maximum Gasteiger partial charge on any atom is 0.416 e.